The van der Waals surface area contributed by atoms with Gasteiger partial charge in [0.1, 0.15) is 0 Å². The zero-order valence-electron chi connectivity index (χ0n) is 12.9. The summed E-state index contributed by atoms with van der Waals surface area (Å²) in [5.41, 5.74) is 5.98. The quantitative estimate of drug-likeness (QED) is 0.686. The summed E-state index contributed by atoms with van der Waals surface area (Å²) in [6.45, 7) is 6.26. The van der Waals surface area contributed by atoms with Gasteiger partial charge in [-0.2, -0.15) is 4.68 Å². The molecule has 112 valence electrons. The summed E-state index contributed by atoms with van der Waals surface area (Å²) in [6.07, 6.45) is 0. The number of aryl methyl sites for hydroxylation is 3. The van der Waals surface area contributed by atoms with Gasteiger partial charge in [-0.25, -0.2) is 0 Å². The second-order valence-corrected chi connectivity index (χ2v) is 6.38. The van der Waals surface area contributed by atoms with Crippen molar-refractivity contribution in [1.82, 2.24) is 20.2 Å². The van der Waals surface area contributed by atoms with Crippen LogP contribution >= 0.6 is 11.8 Å². The summed E-state index contributed by atoms with van der Waals surface area (Å²) < 4.78 is 1.81. The highest BCUT2D eigenvalue weighted by molar-refractivity contribution is 7.98. The summed E-state index contributed by atoms with van der Waals surface area (Å²) in [4.78, 5) is 0. The molecule has 0 unspecified atom stereocenters. The summed E-state index contributed by atoms with van der Waals surface area (Å²) in [5, 5.41) is 12.9. The molecule has 1 aromatic heterocycles. The number of nitrogens with zero attached hydrogens (tertiary/aromatic N) is 4. The minimum absolute atomic E-state index is 0.813. The zero-order valence-corrected chi connectivity index (χ0v) is 13.8. The molecule has 1 heterocycles. The van der Waals surface area contributed by atoms with Gasteiger partial charge in [-0.05, 0) is 48.4 Å². The Morgan fingerprint density at radius 2 is 1.68 bits per heavy atom. The first-order valence-corrected chi connectivity index (χ1v) is 8.16. The fourth-order valence-corrected chi connectivity index (χ4v) is 3.13. The first-order valence-electron chi connectivity index (χ1n) is 7.18. The maximum Gasteiger partial charge on any atom is 0.214 e. The van der Waals surface area contributed by atoms with Gasteiger partial charge in [0, 0.05) is 5.75 Å². The number of hydrogen-bond donors (Lipinski definition) is 0. The maximum absolute atomic E-state index is 4.15. The van der Waals surface area contributed by atoms with Gasteiger partial charge < -0.3 is 0 Å². The molecule has 0 aliphatic carbocycles. The van der Waals surface area contributed by atoms with Crippen LogP contribution in [0.5, 0.6) is 0 Å². The van der Waals surface area contributed by atoms with Crippen LogP contribution in [0.3, 0.4) is 0 Å². The van der Waals surface area contributed by atoms with Crippen molar-refractivity contribution < 1.29 is 0 Å². The van der Waals surface area contributed by atoms with Crippen molar-refractivity contribution in [1.29, 1.82) is 0 Å². The number of hydrogen-bond acceptors (Lipinski definition) is 4. The van der Waals surface area contributed by atoms with Crippen LogP contribution in [0, 0.1) is 20.8 Å². The number of tetrazole rings is 1. The molecule has 0 amide bonds. The van der Waals surface area contributed by atoms with Gasteiger partial charge in [0.2, 0.25) is 5.16 Å². The van der Waals surface area contributed by atoms with Crippen molar-refractivity contribution in [3.05, 3.63) is 64.7 Å². The summed E-state index contributed by atoms with van der Waals surface area (Å²) >= 11 is 1.65. The highest BCUT2D eigenvalue weighted by atomic mass is 32.2. The fraction of sp³-hybridized carbons (Fsp3) is 0.235. The van der Waals surface area contributed by atoms with Gasteiger partial charge in [0.05, 0.1) is 5.69 Å². The monoisotopic (exact) mass is 310 g/mol. The van der Waals surface area contributed by atoms with Crippen molar-refractivity contribution in [2.24, 2.45) is 0 Å². The molecule has 3 aromatic rings. The molecule has 2 aromatic carbocycles. The van der Waals surface area contributed by atoms with Gasteiger partial charge in [0.25, 0.3) is 0 Å². The number of thioether (sulfide) groups is 1. The predicted molar refractivity (Wildman–Crippen MR) is 89.4 cm³/mol. The molecule has 22 heavy (non-hydrogen) atoms. The van der Waals surface area contributed by atoms with Crippen molar-refractivity contribution in [3.63, 3.8) is 0 Å². The zero-order chi connectivity index (χ0) is 15.5. The van der Waals surface area contributed by atoms with E-state index in [1.807, 2.05) is 4.68 Å². The smallest absolute Gasteiger partial charge is 0.187 e. The Kier molecular flexibility index (Phi) is 4.24. The van der Waals surface area contributed by atoms with E-state index >= 15 is 0 Å². The third kappa shape index (κ3) is 3.20. The van der Waals surface area contributed by atoms with Crippen LogP contribution < -0.4 is 0 Å². The van der Waals surface area contributed by atoms with E-state index in [-0.39, 0.29) is 0 Å². The van der Waals surface area contributed by atoms with Gasteiger partial charge in [-0.3, -0.25) is 0 Å². The third-order valence-electron chi connectivity index (χ3n) is 3.51. The first-order chi connectivity index (χ1) is 10.6. The molecule has 0 aliphatic heterocycles. The summed E-state index contributed by atoms with van der Waals surface area (Å²) in [5.74, 6) is 0.853. The Hall–Kier alpha value is -2.14. The Morgan fingerprint density at radius 1 is 0.955 bits per heavy atom. The number of rotatable bonds is 4. The SMILES string of the molecule is Cc1ccc(CSc2nnnn2-c2ccc(C)cc2C)cc1. The molecular formula is C17H18N4S. The van der Waals surface area contributed by atoms with Gasteiger partial charge >= 0.3 is 0 Å². The van der Waals surface area contributed by atoms with Gasteiger partial charge in [0.15, 0.2) is 0 Å². The first kappa shape index (κ1) is 14.8. The molecule has 0 saturated carbocycles. The lowest BCUT2D eigenvalue weighted by Gasteiger charge is -2.08. The second-order valence-electron chi connectivity index (χ2n) is 5.44. The molecule has 0 N–H and O–H groups in total. The van der Waals surface area contributed by atoms with Crippen LogP contribution in [-0.2, 0) is 5.75 Å². The average molecular weight is 310 g/mol. The van der Waals surface area contributed by atoms with Gasteiger partial charge in [-0.15, -0.1) is 5.10 Å². The average Bonchev–Trinajstić information content (AvgIpc) is 2.95. The van der Waals surface area contributed by atoms with Crippen LogP contribution in [0.1, 0.15) is 22.3 Å². The molecule has 4 nitrogen and oxygen atoms in total. The molecule has 5 heteroatoms. The van der Waals surface area contributed by atoms with E-state index in [1.54, 1.807) is 11.8 Å². The van der Waals surface area contributed by atoms with Crippen molar-refractivity contribution >= 4 is 11.8 Å². The van der Waals surface area contributed by atoms with Crippen LogP contribution in [0.15, 0.2) is 47.6 Å². The molecule has 3 rings (SSSR count). The number of aromatic nitrogens is 4. The van der Waals surface area contributed by atoms with Crippen LogP contribution in [0.4, 0.5) is 0 Å². The number of benzene rings is 2. The van der Waals surface area contributed by atoms with Crippen molar-refractivity contribution in [2.75, 3.05) is 0 Å². The normalized spacial score (nSPS) is 10.9. The lowest BCUT2D eigenvalue weighted by molar-refractivity contribution is 0.751. The van der Waals surface area contributed by atoms with Crippen molar-refractivity contribution in [3.8, 4) is 5.69 Å². The van der Waals surface area contributed by atoms with E-state index in [9.17, 15) is 0 Å². The Labute approximate surface area is 134 Å². The fourth-order valence-electron chi connectivity index (χ4n) is 2.30. The van der Waals surface area contributed by atoms with E-state index in [2.05, 4.69) is 78.8 Å². The lowest BCUT2D eigenvalue weighted by atomic mass is 10.1. The highest BCUT2D eigenvalue weighted by Gasteiger charge is 2.11. The van der Waals surface area contributed by atoms with Crippen LogP contribution in [0.2, 0.25) is 0 Å². The summed E-state index contributed by atoms with van der Waals surface area (Å²) in [6, 6.07) is 14.8. The van der Waals surface area contributed by atoms with E-state index in [1.165, 1.54) is 22.3 Å². The molecule has 0 saturated heterocycles. The second kappa shape index (κ2) is 6.32. The topological polar surface area (TPSA) is 43.6 Å². The van der Waals surface area contributed by atoms with Crippen LogP contribution in [0.25, 0.3) is 5.69 Å². The van der Waals surface area contributed by atoms with E-state index in [0.717, 1.165) is 16.6 Å². The Morgan fingerprint density at radius 3 is 2.41 bits per heavy atom. The minimum atomic E-state index is 0.813. The van der Waals surface area contributed by atoms with E-state index in [0.29, 0.717) is 0 Å². The molecule has 0 spiro atoms. The third-order valence-corrected chi connectivity index (χ3v) is 4.50. The molecule has 0 radical (unpaired) electrons. The minimum Gasteiger partial charge on any atom is -0.187 e. The molecule has 0 aliphatic rings. The van der Waals surface area contributed by atoms with Gasteiger partial charge in [-0.1, -0.05) is 59.3 Å². The van der Waals surface area contributed by atoms with E-state index < -0.39 is 0 Å². The molecular weight excluding hydrogens is 292 g/mol. The van der Waals surface area contributed by atoms with Crippen molar-refractivity contribution in [2.45, 2.75) is 31.7 Å². The Bertz CT molecular complexity index is 778. The maximum atomic E-state index is 4.15. The van der Waals surface area contributed by atoms with E-state index in [4.69, 9.17) is 0 Å². The molecule has 0 atom stereocenters. The van der Waals surface area contributed by atoms with Crippen LogP contribution in [-0.4, -0.2) is 20.2 Å². The standard InChI is InChI=1S/C17H18N4S/c1-12-4-7-15(8-5-12)11-22-17-18-19-20-21(17)16-9-6-13(2)10-14(16)3/h4-10H,11H2,1-3H3. The highest BCUT2D eigenvalue weighted by Crippen LogP contribution is 2.24. The molecule has 0 bridgehead atoms. The molecule has 0 fully saturated rings. The lowest BCUT2D eigenvalue weighted by Crippen LogP contribution is -2.01. The predicted octanol–water partition coefficient (Wildman–Crippen LogP) is 3.88. The Balaban J connectivity index is 1.81. The summed E-state index contributed by atoms with van der Waals surface area (Å²) in [7, 11) is 0. The largest absolute Gasteiger partial charge is 0.214 e.